The molecule has 7 aromatic rings. The fourth-order valence-electron chi connectivity index (χ4n) is 9.84. The third-order valence-electron chi connectivity index (χ3n) is 14.2. The minimum atomic E-state index is -0.132. The number of hydrogen-bond donors (Lipinski definition) is 0. The maximum absolute atomic E-state index is 3.80. The summed E-state index contributed by atoms with van der Waals surface area (Å²) < 4.78 is 0. The summed E-state index contributed by atoms with van der Waals surface area (Å²) in [5, 5.41) is 0. The minimum absolute atomic E-state index is 0.132. The highest BCUT2D eigenvalue weighted by Gasteiger charge is 2.16. The number of benzene rings is 7. The summed E-state index contributed by atoms with van der Waals surface area (Å²) in [7, 11) is 0. The van der Waals surface area contributed by atoms with E-state index in [4.69, 9.17) is 0 Å². The lowest BCUT2D eigenvalue weighted by Gasteiger charge is -2.19. The first-order valence-electron chi connectivity index (χ1n) is 26.7. The van der Waals surface area contributed by atoms with Crippen molar-refractivity contribution in [1.82, 2.24) is 0 Å². The predicted molar refractivity (Wildman–Crippen MR) is 328 cm³/mol. The second-order valence-electron chi connectivity index (χ2n) is 19.6. The molecule has 2 aliphatic rings. The lowest BCUT2D eigenvalue weighted by atomic mass is 9.85. The van der Waals surface area contributed by atoms with Gasteiger partial charge in [-0.25, -0.2) is 0 Å². The number of aryl methyl sites for hydroxylation is 1. The van der Waals surface area contributed by atoms with Crippen molar-refractivity contribution in [1.29, 1.82) is 0 Å². The minimum Gasteiger partial charge on any atom is -0.153 e. The number of hydrogen-bond acceptors (Lipinski definition) is 1. The highest BCUT2D eigenvalue weighted by Crippen LogP contribution is 2.35. The van der Waals surface area contributed by atoms with E-state index in [0.717, 1.165) is 37.2 Å². The zero-order chi connectivity index (χ0) is 51.4. The Morgan fingerprint density at radius 2 is 1.24 bits per heavy atom. The van der Waals surface area contributed by atoms with Crippen LogP contribution in [0.1, 0.15) is 89.5 Å². The monoisotopic (exact) mass is 989 g/mol. The van der Waals surface area contributed by atoms with E-state index in [1.54, 1.807) is 0 Å². The van der Waals surface area contributed by atoms with Gasteiger partial charge >= 0.3 is 0 Å². The van der Waals surface area contributed by atoms with E-state index in [0.29, 0.717) is 12.3 Å². The third-order valence-corrected chi connectivity index (χ3v) is 15.1. The average Bonchev–Trinajstić information content (AvgIpc) is 3.49. The maximum atomic E-state index is 3.80. The molecule has 0 N–H and O–H groups in total. The molecule has 75 heavy (non-hydrogen) atoms. The van der Waals surface area contributed by atoms with Gasteiger partial charge < -0.3 is 0 Å². The van der Waals surface area contributed by atoms with Crippen LogP contribution in [0.25, 0.3) is 39.0 Å². The van der Waals surface area contributed by atoms with E-state index < -0.39 is 0 Å². The predicted octanol–water partition coefficient (Wildman–Crippen LogP) is 19.6. The van der Waals surface area contributed by atoms with E-state index in [2.05, 4.69) is 294 Å². The van der Waals surface area contributed by atoms with Crippen LogP contribution < -0.4 is 0 Å². The molecule has 0 radical (unpaired) electrons. The van der Waals surface area contributed by atoms with Gasteiger partial charge in [-0.15, -0.1) is 0 Å². The topological polar surface area (TPSA) is 0 Å². The molecule has 9 rings (SSSR count). The van der Waals surface area contributed by atoms with E-state index in [1.807, 2.05) is 11.8 Å². The molecule has 0 amide bonds. The molecule has 0 bridgehead atoms. The quantitative estimate of drug-likeness (QED) is 0.0819. The summed E-state index contributed by atoms with van der Waals surface area (Å²) in [4.78, 5) is 0. The molecular formula is C74H68S. The van der Waals surface area contributed by atoms with Gasteiger partial charge in [-0.05, 0) is 154 Å². The molecule has 370 valence electrons. The standard InChI is InChI=1S/C74H68S/c1-56-26-17-18-44-74(56)72-43-25-41-69(54-72)67-39-23-37-65(52-67)63-35-21-30-60(50-63)29-20-34-62(48-57(2)58(3)49-71(61-31-15-11-16-32-61)46-45-59-27-12-10-13-28-59)64-36-22-38-66(51-64)68-40-24-42-70(53-68)73-33-14-8-6-4-5-7-9-19-47-75-55-73/h5,7-19,21-28,30-33,35-42,44,46,48-54,62,72H,4,6,29,43,45,47,55H2,1-3H3/b7-5-,14-8-,19-9-,57-48+,58-49+,71-46+,73-33+. The van der Waals surface area contributed by atoms with E-state index in [9.17, 15) is 0 Å². The van der Waals surface area contributed by atoms with Gasteiger partial charge in [0.25, 0.3) is 0 Å². The van der Waals surface area contributed by atoms with Crippen LogP contribution in [0.15, 0.2) is 272 Å². The van der Waals surface area contributed by atoms with Crippen molar-refractivity contribution >= 4 is 28.5 Å². The lowest BCUT2D eigenvalue weighted by Crippen LogP contribution is -2.01. The first-order valence-corrected chi connectivity index (χ1v) is 27.8. The average molecular weight is 989 g/mol. The largest absolute Gasteiger partial charge is 0.153 e. The normalized spacial score (nSPS) is 17.9. The highest BCUT2D eigenvalue weighted by molar-refractivity contribution is 7.99. The molecule has 0 spiro atoms. The molecule has 1 aliphatic heterocycles. The first kappa shape index (κ1) is 52.0. The number of rotatable bonds is 13. The van der Waals surface area contributed by atoms with Gasteiger partial charge in [-0.2, -0.15) is 11.8 Å². The van der Waals surface area contributed by atoms with Crippen molar-refractivity contribution in [2.24, 2.45) is 0 Å². The van der Waals surface area contributed by atoms with Crippen LogP contribution in [0.4, 0.5) is 0 Å². The second kappa shape index (κ2) is 26.9. The Morgan fingerprint density at radius 1 is 0.600 bits per heavy atom. The summed E-state index contributed by atoms with van der Waals surface area (Å²) in [6, 6.07) is 66.3. The smallest absolute Gasteiger partial charge is 0.0638 e. The Hall–Kier alpha value is -7.89. The molecule has 1 aliphatic carbocycles. The molecule has 7 aromatic carbocycles. The van der Waals surface area contributed by atoms with Crippen LogP contribution in [0.3, 0.4) is 0 Å². The van der Waals surface area contributed by atoms with Gasteiger partial charge in [0.1, 0.15) is 0 Å². The molecule has 0 aromatic heterocycles. The molecule has 2 unspecified atom stereocenters. The van der Waals surface area contributed by atoms with E-state index >= 15 is 0 Å². The van der Waals surface area contributed by atoms with Crippen LogP contribution >= 0.6 is 11.8 Å². The first-order chi connectivity index (χ1) is 36.9. The molecule has 2 atom stereocenters. The van der Waals surface area contributed by atoms with Crippen LogP contribution in [0.2, 0.25) is 0 Å². The molecule has 1 heterocycles. The SMILES string of the molecule is CC(=C\C(=C/Cc1ccccc1)c1ccccc1)/C(C)=C/C(C#CCc1cccc(-c2cccc(C3=CC(c4ccccc4C)CC=C3)c2)c1)c1cccc(-c2cccc(/C3=C/C=C\CC/C=C\C=C/CSC3)c2)c1. The van der Waals surface area contributed by atoms with E-state index in [1.165, 1.54) is 94.6 Å². The van der Waals surface area contributed by atoms with Crippen LogP contribution in [0, 0.1) is 18.8 Å². The Labute approximate surface area is 452 Å². The van der Waals surface area contributed by atoms with Gasteiger partial charge in [-0.1, -0.05) is 260 Å². The summed E-state index contributed by atoms with van der Waals surface area (Å²) in [6.45, 7) is 6.70. The summed E-state index contributed by atoms with van der Waals surface area (Å²) in [5.41, 5.74) is 21.2. The van der Waals surface area contributed by atoms with Crippen LogP contribution in [-0.2, 0) is 12.8 Å². The molecular weight excluding hydrogens is 921 g/mol. The molecule has 0 nitrogen and oxygen atoms in total. The zero-order valence-corrected chi connectivity index (χ0v) is 44.7. The Bertz CT molecular complexity index is 3400. The fraction of sp³-hybridized carbons (Fsp3) is 0.162. The van der Waals surface area contributed by atoms with Crippen molar-refractivity contribution < 1.29 is 0 Å². The Kier molecular flexibility index (Phi) is 18.6. The molecule has 0 fully saturated rings. The Morgan fingerprint density at radius 3 is 2.04 bits per heavy atom. The van der Waals surface area contributed by atoms with Gasteiger partial charge in [-0.3, -0.25) is 0 Å². The highest BCUT2D eigenvalue weighted by atomic mass is 32.2. The molecule has 1 heteroatoms. The summed E-state index contributed by atoms with van der Waals surface area (Å²) in [5.74, 6) is 9.67. The number of thioether (sulfide) groups is 1. The van der Waals surface area contributed by atoms with E-state index in [-0.39, 0.29) is 5.92 Å². The zero-order valence-electron chi connectivity index (χ0n) is 43.8. The molecule has 0 saturated carbocycles. The van der Waals surface area contributed by atoms with Gasteiger partial charge in [0.05, 0.1) is 5.92 Å². The Balaban J connectivity index is 1.02. The van der Waals surface area contributed by atoms with Crippen molar-refractivity contribution in [3.05, 3.63) is 317 Å². The third kappa shape index (κ3) is 14.9. The second-order valence-corrected chi connectivity index (χ2v) is 20.7. The number of allylic oxidation sites excluding steroid dienone is 16. The van der Waals surface area contributed by atoms with Crippen molar-refractivity contribution in [2.45, 2.75) is 64.7 Å². The fourth-order valence-corrected chi connectivity index (χ4v) is 10.7. The van der Waals surface area contributed by atoms with Crippen molar-refractivity contribution in [3.8, 4) is 34.1 Å². The van der Waals surface area contributed by atoms with Crippen molar-refractivity contribution in [2.75, 3.05) is 11.5 Å². The van der Waals surface area contributed by atoms with Gasteiger partial charge in [0.2, 0.25) is 0 Å². The van der Waals surface area contributed by atoms with Gasteiger partial charge in [0.15, 0.2) is 0 Å². The maximum Gasteiger partial charge on any atom is 0.0638 e. The summed E-state index contributed by atoms with van der Waals surface area (Å²) >= 11 is 1.95. The van der Waals surface area contributed by atoms with Gasteiger partial charge in [0, 0.05) is 23.8 Å². The van der Waals surface area contributed by atoms with Crippen LogP contribution in [-0.4, -0.2) is 11.5 Å². The summed E-state index contributed by atoms with van der Waals surface area (Å²) in [6.07, 6.45) is 34.5. The lowest BCUT2D eigenvalue weighted by molar-refractivity contribution is 0.848. The molecule has 0 saturated heterocycles. The van der Waals surface area contributed by atoms with Crippen LogP contribution in [0.5, 0.6) is 0 Å². The van der Waals surface area contributed by atoms with Crippen molar-refractivity contribution in [3.63, 3.8) is 0 Å².